The lowest BCUT2D eigenvalue weighted by Gasteiger charge is -2.42. The number of hydrogen-bond acceptors (Lipinski definition) is 3. The number of rotatable bonds is 2. The zero-order valence-corrected chi connectivity index (χ0v) is 11.6. The number of hydrogen-bond donors (Lipinski definition) is 1. The van der Waals surface area contributed by atoms with Gasteiger partial charge in [-0.25, -0.2) is 0 Å². The highest BCUT2D eigenvalue weighted by Crippen LogP contribution is 2.49. The predicted molar refractivity (Wildman–Crippen MR) is 75.6 cm³/mol. The van der Waals surface area contributed by atoms with Crippen LogP contribution in [0, 0.1) is 0 Å². The lowest BCUT2D eigenvalue weighted by Crippen LogP contribution is -2.37. The molecular weight excluding hydrogens is 254 g/mol. The van der Waals surface area contributed by atoms with Crippen molar-refractivity contribution < 1.29 is 5.11 Å². The van der Waals surface area contributed by atoms with Crippen LogP contribution in [0.25, 0.3) is 0 Å². The molecule has 1 aromatic carbocycles. The van der Waals surface area contributed by atoms with Gasteiger partial charge in [-0.05, 0) is 44.0 Å². The molecule has 17 heavy (non-hydrogen) atoms. The third kappa shape index (κ3) is 2.32. The first-order valence-electron chi connectivity index (χ1n) is 5.51. The van der Waals surface area contributed by atoms with Crippen molar-refractivity contribution in [1.82, 2.24) is 0 Å². The highest BCUT2D eigenvalue weighted by molar-refractivity contribution is 8.02. The Morgan fingerprint density at radius 1 is 1.59 bits per heavy atom. The molecule has 1 aliphatic heterocycles. The van der Waals surface area contributed by atoms with Crippen LogP contribution in [0.15, 0.2) is 30.9 Å². The Kier molecular flexibility index (Phi) is 3.43. The minimum absolute atomic E-state index is 0.263. The fourth-order valence-electron chi connectivity index (χ4n) is 1.98. The fourth-order valence-corrected chi connectivity index (χ4v) is 3.40. The molecule has 1 unspecified atom stereocenters. The van der Waals surface area contributed by atoms with Crippen LogP contribution in [-0.2, 0) is 0 Å². The summed E-state index contributed by atoms with van der Waals surface area (Å²) in [5, 5.41) is 11.0. The summed E-state index contributed by atoms with van der Waals surface area (Å²) < 4.78 is 1.88. The van der Waals surface area contributed by atoms with Gasteiger partial charge in [0.25, 0.3) is 0 Å². The van der Waals surface area contributed by atoms with Crippen molar-refractivity contribution in [3.05, 3.63) is 41.4 Å². The first-order chi connectivity index (χ1) is 7.95. The van der Waals surface area contributed by atoms with E-state index in [0.717, 1.165) is 17.8 Å². The highest BCUT2D eigenvalue weighted by atomic mass is 35.5. The summed E-state index contributed by atoms with van der Waals surface area (Å²) in [6, 6.07) is 5.65. The summed E-state index contributed by atoms with van der Waals surface area (Å²) in [4.78, 5) is 0. The largest absolute Gasteiger partial charge is 0.387 e. The molecule has 0 saturated heterocycles. The van der Waals surface area contributed by atoms with Crippen molar-refractivity contribution in [3.63, 3.8) is 0 Å². The van der Waals surface area contributed by atoms with Gasteiger partial charge in [0.2, 0.25) is 0 Å². The van der Waals surface area contributed by atoms with E-state index in [0.29, 0.717) is 5.02 Å². The second-order valence-corrected chi connectivity index (χ2v) is 6.76. The Morgan fingerprint density at radius 3 is 2.94 bits per heavy atom. The molecule has 4 heteroatoms. The Hall–Kier alpha value is -0.640. The molecule has 1 aliphatic rings. The lowest BCUT2D eigenvalue weighted by atomic mass is 9.96. The van der Waals surface area contributed by atoms with Gasteiger partial charge in [0, 0.05) is 17.1 Å². The van der Waals surface area contributed by atoms with Gasteiger partial charge < -0.3 is 9.41 Å². The molecule has 1 aromatic rings. The molecule has 2 rings (SSSR count). The van der Waals surface area contributed by atoms with Gasteiger partial charge in [-0.3, -0.25) is 0 Å². The van der Waals surface area contributed by atoms with E-state index in [9.17, 15) is 5.11 Å². The summed E-state index contributed by atoms with van der Waals surface area (Å²) >= 11 is 7.64. The molecule has 0 spiro atoms. The van der Waals surface area contributed by atoms with Crippen LogP contribution in [0.4, 0.5) is 5.69 Å². The van der Waals surface area contributed by atoms with E-state index in [-0.39, 0.29) is 4.75 Å². The summed E-state index contributed by atoms with van der Waals surface area (Å²) in [5.74, 6) is 0. The van der Waals surface area contributed by atoms with Crippen LogP contribution in [0.2, 0.25) is 5.02 Å². The van der Waals surface area contributed by atoms with E-state index >= 15 is 0 Å². The normalized spacial score (nSPS) is 22.1. The van der Waals surface area contributed by atoms with Gasteiger partial charge in [-0.1, -0.05) is 17.7 Å². The third-order valence-corrected chi connectivity index (χ3v) is 4.35. The molecule has 1 heterocycles. The van der Waals surface area contributed by atoms with Crippen LogP contribution in [-0.4, -0.2) is 16.4 Å². The van der Waals surface area contributed by atoms with Gasteiger partial charge in [0.1, 0.15) is 0 Å². The van der Waals surface area contributed by atoms with E-state index in [1.54, 1.807) is 11.9 Å². The second kappa shape index (κ2) is 4.56. The van der Waals surface area contributed by atoms with Gasteiger partial charge in [0.15, 0.2) is 0 Å². The van der Waals surface area contributed by atoms with Gasteiger partial charge in [-0.2, -0.15) is 0 Å². The van der Waals surface area contributed by atoms with Gasteiger partial charge in [0.05, 0.1) is 16.5 Å². The summed E-state index contributed by atoms with van der Waals surface area (Å²) in [5.41, 5.74) is 1.91. The van der Waals surface area contributed by atoms with Crippen molar-refractivity contribution >= 4 is 29.2 Å². The Balaban J connectivity index is 2.51. The smallest absolute Gasteiger partial charge is 0.0969 e. The molecule has 1 atom stereocenters. The van der Waals surface area contributed by atoms with E-state index < -0.39 is 6.10 Å². The average molecular weight is 270 g/mol. The maximum atomic E-state index is 10.4. The number of nitrogens with zero attached hydrogens (tertiary/aromatic N) is 1. The number of anilines is 1. The minimum Gasteiger partial charge on any atom is -0.387 e. The molecule has 0 aromatic heterocycles. The SMILES string of the molecule is C=CCN1SC(C)(C)C(O)c2cc(Cl)ccc21. The van der Waals surface area contributed by atoms with Gasteiger partial charge in [-0.15, -0.1) is 6.58 Å². The number of aliphatic hydroxyl groups excluding tert-OH is 1. The van der Waals surface area contributed by atoms with E-state index in [4.69, 9.17) is 11.6 Å². The third-order valence-electron chi connectivity index (χ3n) is 2.85. The minimum atomic E-state index is -0.512. The molecular formula is C13H16ClNOS. The quantitative estimate of drug-likeness (QED) is 0.652. The number of halogens is 1. The standard InChI is InChI=1S/C13H16ClNOS/c1-4-7-15-11-6-5-9(14)8-10(11)12(16)13(2,3)17-15/h4-6,8,12,16H,1,7H2,2-3H3. The van der Waals surface area contributed by atoms with E-state index in [1.807, 2.05) is 38.1 Å². The Bertz CT molecular complexity index is 447. The maximum absolute atomic E-state index is 10.4. The molecule has 0 amide bonds. The van der Waals surface area contributed by atoms with Crippen molar-refractivity contribution in [3.8, 4) is 0 Å². The predicted octanol–water partition coefficient (Wildman–Crippen LogP) is 3.81. The average Bonchev–Trinajstić information content (AvgIpc) is 2.25. The Morgan fingerprint density at radius 2 is 2.29 bits per heavy atom. The van der Waals surface area contributed by atoms with Crippen molar-refractivity contribution in [2.24, 2.45) is 0 Å². The number of benzene rings is 1. The molecule has 0 fully saturated rings. The van der Waals surface area contributed by atoms with Crippen LogP contribution in [0.1, 0.15) is 25.5 Å². The van der Waals surface area contributed by atoms with E-state index in [1.165, 1.54) is 0 Å². The zero-order chi connectivity index (χ0) is 12.6. The molecule has 0 radical (unpaired) electrons. The second-order valence-electron chi connectivity index (χ2n) is 4.65. The molecule has 0 aliphatic carbocycles. The first-order valence-corrected chi connectivity index (χ1v) is 6.66. The first kappa shape index (κ1) is 12.8. The van der Waals surface area contributed by atoms with Crippen molar-refractivity contribution in [1.29, 1.82) is 0 Å². The van der Waals surface area contributed by atoms with Crippen LogP contribution in [0.5, 0.6) is 0 Å². The van der Waals surface area contributed by atoms with Crippen LogP contribution < -0.4 is 4.31 Å². The fraction of sp³-hybridized carbons (Fsp3) is 0.385. The molecule has 1 N–H and O–H groups in total. The van der Waals surface area contributed by atoms with Crippen molar-refractivity contribution in [2.45, 2.75) is 24.7 Å². The molecule has 2 nitrogen and oxygen atoms in total. The molecule has 0 bridgehead atoms. The van der Waals surface area contributed by atoms with Gasteiger partial charge >= 0.3 is 0 Å². The monoisotopic (exact) mass is 269 g/mol. The van der Waals surface area contributed by atoms with Crippen LogP contribution >= 0.6 is 23.5 Å². The molecule has 92 valence electrons. The lowest BCUT2D eigenvalue weighted by molar-refractivity contribution is 0.143. The summed E-state index contributed by atoms with van der Waals surface area (Å²) in [6.07, 6.45) is 1.35. The summed E-state index contributed by atoms with van der Waals surface area (Å²) in [6.45, 7) is 8.57. The van der Waals surface area contributed by atoms with Crippen LogP contribution in [0.3, 0.4) is 0 Å². The molecule has 0 saturated carbocycles. The summed E-state index contributed by atoms with van der Waals surface area (Å²) in [7, 11) is 0. The van der Waals surface area contributed by atoms with E-state index in [2.05, 4.69) is 10.9 Å². The Labute approximate surface area is 111 Å². The number of aliphatic hydroxyl groups is 1. The van der Waals surface area contributed by atoms with Crippen molar-refractivity contribution in [2.75, 3.05) is 10.8 Å². The topological polar surface area (TPSA) is 23.5 Å². The number of fused-ring (bicyclic) bond motifs is 1. The maximum Gasteiger partial charge on any atom is 0.0969 e. The highest BCUT2D eigenvalue weighted by Gasteiger charge is 2.39. The zero-order valence-electron chi connectivity index (χ0n) is 9.98.